The maximum absolute atomic E-state index is 11.9. The Morgan fingerprint density at radius 3 is 2.80 bits per heavy atom. The van der Waals surface area contributed by atoms with Crippen molar-refractivity contribution in [2.45, 2.75) is 45.4 Å². The van der Waals surface area contributed by atoms with Gasteiger partial charge in [0.25, 0.3) is 0 Å². The quantitative estimate of drug-likeness (QED) is 0.499. The van der Waals surface area contributed by atoms with Crippen LogP contribution in [0.15, 0.2) is 23.8 Å². The lowest BCUT2D eigenvalue weighted by Gasteiger charge is -2.55. The van der Waals surface area contributed by atoms with E-state index < -0.39 is 0 Å². The number of carbonyl (C=O) groups excluding carboxylic acids is 2. The van der Waals surface area contributed by atoms with Crippen LogP contribution in [-0.4, -0.2) is 11.6 Å². The molecule has 0 spiro atoms. The molecule has 3 atom stereocenters. The molecule has 2 saturated carbocycles. The highest BCUT2D eigenvalue weighted by molar-refractivity contribution is 5.97. The summed E-state index contributed by atoms with van der Waals surface area (Å²) in [6.45, 7) is 6.19. The Balaban J connectivity index is 0.00000161. The molecule has 0 aromatic rings. The highest BCUT2D eigenvalue weighted by atomic mass is 16.1. The van der Waals surface area contributed by atoms with Crippen LogP contribution in [0.4, 0.5) is 0 Å². The Morgan fingerprint density at radius 2 is 2.10 bits per heavy atom. The third-order valence-corrected chi connectivity index (χ3v) is 5.79. The molecule has 3 aliphatic rings. The van der Waals surface area contributed by atoms with Gasteiger partial charge in [0.2, 0.25) is 0 Å². The van der Waals surface area contributed by atoms with Crippen LogP contribution in [-0.2, 0) is 9.59 Å². The summed E-state index contributed by atoms with van der Waals surface area (Å²) in [5, 5.41) is 0. The third kappa shape index (κ3) is 1.59. The average Bonchev–Trinajstić information content (AvgIpc) is 2.44. The van der Waals surface area contributed by atoms with Crippen molar-refractivity contribution in [1.82, 2.24) is 0 Å². The van der Waals surface area contributed by atoms with E-state index in [1.165, 1.54) is 0 Å². The Kier molecular flexibility index (Phi) is 2.80. The molecule has 2 nitrogen and oxygen atoms in total. The van der Waals surface area contributed by atoms with Crippen LogP contribution in [0.3, 0.4) is 0 Å². The third-order valence-electron chi connectivity index (χ3n) is 5.79. The number of rotatable bonds is 0. The zero-order valence-electron chi connectivity index (χ0n) is 12.0. The van der Waals surface area contributed by atoms with Crippen LogP contribution in [0, 0.1) is 29.1 Å². The Morgan fingerprint density at radius 1 is 1.35 bits per heavy atom. The Labute approximate surface area is 121 Å². The number of terminal acetylenes is 1. The molecule has 0 amide bonds. The number of hydrogen-bond donors (Lipinski definition) is 0. The van der Waals surface area contributed by atoms with Crippen LogP contribution >= 0.6 is 0 Å². The maximum Gasteiger partial charge on any atom is 0.158 e. The van der Waals surface area contributed by atoms with E-state index in [0.29, 0.717) is 12.8 Å². The van der Waals surface area contributed by atoms with Crippen molar-refractivity contribution in [1.29, 1.82) is 0 Å². The van der Waals surface area contributed by atoms with Crippen molar-refractivity contribution < 1.29 is 11.0 Å². The molecule has 0 saturated heterocycles. The van der Waals surface area contributed by atoms with Crippen LogP contribution in [0.25, 0.3) is 0 Å². The lowest BCUT2D eigenvalue weighted by atomic mass is 9.48. The number of ketones is 2. The van der Waals surface area contributed by atoms with Gasteiger partial charge in [-0.1, -0.05) is 19.4 Å². The van der Waals surface area contributed by atoms with Gasteiger partial charge in [-0.25, -0.2) is 0 Å². The molecule has 0 aromatic carbocycles. The molecule has 106 valence electrons. The number of Topliss-reactive ketones (excluding diaryl/α,β-unsaturated/α-hetero) is 1. The van der Waals surface area contributed by atoms with E-state index >= 15 is 0 Å². The van der Waals surface area contributed by atoms with Crippen molar-refractivity contribution in [3.63, 3.8) is 0 Å². The monoisotopic (exact) mass is 270 g/mol. The number of carbonyl (C=O) groups is 2. The molecule has 0 aromatic heterocycles. The molecule has 1 unspecified atom stereocenters. The van der Waals surface area contributed by atoms with E-state index in [-0.39, 0.29) is 29.7 Å². The summed E-state index contributed by atoms with van der Waals surface area (Å²) < 4.78 is 0. The summed E-state index contributed by atoms with van der Waals surface area (Å²) in [5.41, 5.74) is 1.42. The summed E-state index contributed by atoms with van der Waals surface area (Å²) in [4.78, 5) is 23.8. The van der Waals surface area contributed by atoms with E-state index in [0.717, 1.165) is 36.8 Å². The molecular weight excluding hydrogens is 248 g/mol. The summed E-state index contributed by atoms with van der Waals surface area (Å²) in [6.07, 6.45) is 12.0. The minimum atomic E-state index is -0.264. The first-order chi connectivity index (χ1) is 9.43. The van der Waals surface area contributed by atoms with Crippen molar-refractivity contribution in [2.75, 3.05) is 0 Å². The second kappa shape index (κ2) is 4.19. The van der Waals surface area contributed by atoms with Crippen LogP contribution < -0.4 is 0 Å². The van der Waals surface area contributed by atoms with Crippen LogP contribution in [0.2, 0.25) is 0 Å². The van der Waals surface area contributed by atoms with Gasteiger partial charge in [-0.3, -0.25) is 9.59 Å². The molecule has 20 heavy (non-hydrogen) atoms. The molecule has 0 N–H and O–H groups in total. The minimum absolute atomic E-state index is 0. The predicted octanol–water partition coefficient (Wildman–Crippen LogP) is 3.48. The fourth-order valence-electron chi connectivity index (χ4n) is 4.53. The topological polar surface area (TPSA) is 34.1 Å². The van der Waals surface area contributed by atoms with Crippen LogP contribution in [0.5, 0.6) is 0 Å². The first kappa shape index (κ1) is 13.4. The largest absolute Gasteiger partial charge is 0.295 e. The van der Waals surface area contributed by atoms with Gasteiger partial charge < -0.3 is 0 Å². The van der Waals surface area contributed by atoms with E-state index in [2.05, 4.69) is 19.4 Å². The van der Waals surface area contributed by atoms with Gasteiger partial charge in [0.15, 0.2) is 11.6 Å². The van der Waals surface area contributed by atoms with E-state index in [1.807, 2.05) is 0 Å². The molecule has 0 bridgehead atoms. The van der Waals surface area contributed by atoms with Gasteiger partial charge in [-0.05, 0) is 54.2 Å². The van der Waals surface area contributed by atoms with Gasteiger partial charge in [0, 0.05) is 14.3 Å². The van der Waals surface area contributed by atoms with E-state index in [1.54, 1.807) is 6.08 Å². The molecule has 2 heteroatoms. The van der Waals surface area contributed by atoms with Gasteiger partial charge in [0.05, 0.1) is 5.41 Å². The lowest BCUT2D eigenvalue weighted by Crippen LogP contribution is -2.48. The Hall–Kier alpha value is -1.62. The molecule has 3 rings (SSSR count). The summed E-state index contributed by atoms with van der Waals surface area (Å²) in [6, 6.07) is 0. The normalized spacial score (nSPS) is 40.5. The predicted molar refractivity (Wildman–Crippen MR) is 79.9 cm³/mol. The van der Waals surface area contributed by atoms with Crippen molar-refractivity contribution >= 4 is 11.6 Å². The first-order valence-corrected chi connectivity index (χ1v) is 7.38. The molecule has 0 radical (unpaired) electrons. The van der Waals surface area contributed by atoms with Gasteiger partial charge in [-0.15, -0.1) is 6.42 Å². The highest BCUT2D eigenvalue weighted by Gasteiger charge is 2.55. The summed E-state index contributed by atoms with van der Waals surface area (Å²) >= 11 is 0. The number of fused-ring (bicyclic) bond motifs is 3. The molecular formula is C18H22O2. The zero-order valence-corrected chi connectivity index (χ0v) is 12.0. The second-order valence-electron chi connectivity index (χ2n) is 6.71. The van der Waals surface area contributed by atoms with Gasteiger partial charge >= 0.3 is 0 Å². The van der Waals surface area contributed by atoms with E-state index in [9.17, 15) is 9.59 Å². The fraction of sp³-hybridized carbons (Fsp3) is 0.556. The highest BCUT2D eigenvalue weighted by Crippen LogP contribution is 2.61. The minimum Gasteiger partial charge on any atom is -0.295 e. The Bertz CT molecular complexity index is 595. The SMILES string of the molecule is C#C[C@]12CCC(=O)C=C1[C@@]1(C)CCC(=O)C(=C)C1CC2.[HH]. The molecule has 2 fully saturated rings. The smallest absolute Gasteiger partial charge is 0.158 e. The molecule has 0 aliphatic heterocycles. The van der Waals surface area contributed by atoms with Crippen molar-refractivity contribution in [3.8, 4) is 12.3 Å². The standard InChI is InChI=1S/C18H20O2.H2/c1-4-18-9-5-13(19)11-16(18)17(3)8-7-15(20)12(2)14(17)6-10-18;/h1,11,14H,2,5-10H2,3H3;1H/t14?,17-,18+;/m0./s1. The maximum atomic E-state index is 11.9. The molecule has 0 heterocycles. The summed E-state index contributed by atoms with van der Waals surface area (Å²) in [7, 11) is 0. The molecule has 3 aliphatic carbocycles. The fourth-order valence-corrected chi connectivity index (χ4v) is 4.53. The second-order valence-corrected chi connectivity index (χ2v) is 6.71. The summed E-state index contributed by atoms with van der Waals surface area (Å²) in [5.74, 6) is 3.50. The van der Waals surface area contributed by atoms with Gasteiger partial charge in [-0.2, -0.15) is 0 Å². The zero-order chi connectivity index (χ0) is 14.5. The van der Waals surface area contributed by atoms with E-state index in [4.69, 9.17) is 6.42 Å². The lowest BCUT2D eigenvalue weighted by molar-refractivity contribution is -0.119. The van der Waals surface area contributed by atoms with Crippen LogP contribution in [0.1, 0.15) is 46.9 Å². The van der Waals surface area contributed by atoms with Crippen molar-refractivity contribution in [2.24, 2.45) is 16.7 Å². The average molecular weight is 270 g/mol. The van der Waals surface area contributed by atoms with Crippen molar-refractivity contribution in [3.05, 3.63) is 23.8 Å². The number of hydrogen-bond acceptors (Lipinski definition) is 2. The first-order valence-electron chi connectivity index (χ1n) is 7.38. The van der Waals surface area contributed by atoms with Gasteiger partial charge in [0.1, 0.15) is 0 Å². The number of allylic oxidation sites excluding steroid dienone is 3.